The van der Waals surface area contributed by atoms with Gasteiger partial charge < -0.3 is 20.7 Å². The van der Waals surface area contributed by atoms with Gasteiger partial charge in [0, 0.05) is 11.5 Å². The predicted molar refractivity (Wildman–Crippen MR) is 75.0 cm³/mol. The lowest BCUT2D eigenvalue weighted by molar-refractivity contribution is -0.137. The summed E-state index contributed by atoms with van der Waals surface area (Å²) in [5.74, 6) is -0.330. The summed E-state index contributed by atoms with van der Waals surface area (Å²) in [6.45, 7) is 0.682. The lowest BCUT2D eigenvalue weighted by Crippen LogP contribution is -2.33. The topological polar surface area (TPSA) is 92.8 Å². The summed E-state index contributed by atoms with van der Waals surface area (Å²) < 4.78 is 5.38. The fraction of sp³-hybridized carbons (Fsp3) is 0.462. The van der Waals surface area contributed by atoms with Crippen LogP contribution >= 0.6 is 11.8 Å². The molecule has 6 heteroatoms. The van der Waals surface area contributed by atoms with Gasteiger partial charge in [-0.15, -0.1) is 0 Å². The maximum Gasteiger partial charge on any atom is 0.321 e. The van der Waals surface area contributed by atoms with Gasteiger partial charge in [-0.2, -0.15) is 11.8 Å². The number of carboxylic acid groups (broad SMARTS) is 1. The molecule has 0 aliphatic rings. The Morgan fingerprint density at radius 1 is 1.32 bits per heavy atom. The summed E-state index contributed by atoms with van der Waals surface area (Å²) in [5.41, 5.74) is 6.40. The van der Waals surface area contributed by atoms with Gasteiger partial charge in [0.2, 0.25) is 0 Å². The molecule has 0 saturated heterocycles. The van der Waals surface area contributed by atoms with Gasteiger partial charge in [-0.3, -0.25) is 4.79 Å². The van der Waals surface area contributed by atoms with Crippen molar-refractivity contribution in [2.75, 3.05) is 18.1 Å². The van der Waals surface area contributed by atoms with E-state index in [4.69, 9.17) is 15.6 Å². The molecule has 0 heterocycles. The third kappa shape index (κ3) is 7.17. The molecule has 0 aromatic heterocycles. The molecule has 0 fully saturated rings. The molecule has 0 aliphatic carbocycles. The number of benzene rings is 1. The Morgan fingerprint density at radius 3 is 2.63 bits per heavy atom. The zero-order valence-corrected chi connectivity index (χ0v) is 11.4. The van der Waals surface area contributed by atoms with Gasteiger partial charge in [-0.1, -0.05) is 30.3 Å². The first kappa shape index (κ1) is 16.0. The number of carbonyl (C=O) groups is 1. The second kappa shape index (κ2) is 8.92. The normalized spacial score (nSPS) is 14.0. The van der Waals surface area contributed by atoms with Crippen molar-refractivity contribution in [2.24, 2.45) is 5.73 Å². The Hall–Kier alpha value is -1.08. The number of thioether (sulfide) groups is 1. The van der Waals surface area contributed by atoms with Crippen LogP contribution in [-0.4, -0.2) is 46.4 Å². The average Bonchev–Trinajstić information content (AvgIpc) is 2.39. The van der Waals surface area contributed by atoms with Crippen LogP contribution in [0.5, 0.6) is 0 Å². The van der Waals surface area contributed by atoms with Crippen LogP contribution in [0.1, 0.15) is 5.56 Å². The lowest BCUT2D eigenvalue weighted by Gasteiger charge is -2.12. The highest BCUT2D eigenvalue weighted by Crippen LogP contribution is 2.06. The maximum absolute atomic E-state index is 10.5. The number of aliphatic hydroxyl groups is 1. The number of aliphatic hydroxyl groups excluding tert-OH is 1. The number of hydrogen-bond donors (Lipinski definition) is 3. The zero-order valence-electron chi connectivity index (χ0n) is 10.6. The van der Waals surface area contributed by atoms with E-state index in [2.05, 4.69) is 0 Å². The third-order valence-electron chi connectivity index (χ3n) is 2.35. The fourth-order valence-corrected chi connectivity index (χ4v) is 2.24. The number of aliphatic carboxylic acids is 1. The van der Waals surface area contributed by atoms with Gasteiger partial charge >= 0.3 is 5.97 Å². The van der Waals surface area contributed by atoms with Crippen molar-refractivity contribution in [1.82, 2.24) is 0 Å². The molecule has 1 aromatic rings. The van der Waals surface area contributed by atoms with Crippen molar-refractivity contribution in [3.8, 4) is 0 Å². The summed E-state index contributed by atoms with van der Waals surface area (Å²) in [7, 11) is 0. The monoisotopic (exact) mass is 285 g/mol. The molecular formula is C13H19NO4S. The van der Waals surface area contributed by atoms with Crippen molar-refractivity contribution < 1.29 is 19.7 Å². The second-order valence-corrected chi connectivity index (χ2v) is 5.21. The van der Waals surface area contributed by atoms with Crippen molar-refractivity contribution in [3.63, 3.8) is 0 Å². The first-order chi connectivity index (χ1) is 9.09. The largest absolute Gasteiger partial charge is 0.480 e. The Morgan fingerprint density at radius 2 is 2.00 bits per heavy atom. The van der Waals surface area contributed by atoms with Gasteiger partial charge in [-0.25, -0.2) is 0 Å². The highest BCUT2D eigenvalue weighted by atomic mass is 32.2. The van der Waals surface area contributed by atoms with Crippen LogP contribution in [-0.2, 0) is 16.1 Å². The maximum atomic E-state index is 10.5. The molecule has 19 heavy (non-hydrogen) atoms. The van der Waals surface area contributed by atoms with Crippen molar-refractivity contribution in [3.05, 3.63) is 35.9 Å². The minimum atomic E-state index is -1.03. The van der Waals surface area contributed by atoms with E-state index in [0.29, 0.717) is 12.4 Å². The third-order valence-corrected chi connectivity index (χ3v) is 3.56. The Labute approximate surface area is 116 Å². The summed E-state index contributed by atoms with van der Waals surface area (Å²) in [6.07, 6.45) is -0.616. The van der Waals surface area contributed by atoms with Gasteiger partial charge in [-0.05, 0) is 5.56 Å². The quantitative estimate of drug-likeness (QED) is 0.619. The van der Waals surface area contributed by atoms with Gasteiger partial charge in [0.05, 0.1) is 19.3 Å². The Balaban J connectivity index is 2.08. The fourth-order valence-electron chi connectivity index (χ4n) is 1.34. The van der Waals surface area contributed by atoms with E-state index < -0.39 is 18.1 Å². The van der Waals surface area contributed by atoms with Crippen LogP contribution in [0.2, 0.25) is 0 Å². The first-order valence-electron chi connectivity index (χ1n) is 5.95. The number of hydrogen-bond acceptors (Lipinski definition) is 5. The van der Waals surface area contributed by atoms with E-state index >= 15 is 0 Å². The Kier molecular flexibility index (Phi) is 7.50. The van der Waals surface area contributed by atoms with Crippen LogP contribution in [0.15, 0.2) is 30.3 Å². The van der Waals surface area contributed by atoms with Crippen molar-refractivity contribution >= 4 is 17.7 Å². The second-order valence-electron chi connectivity index (χ2n) is 4.14. The van der Waals surface area contributed by atoms with Gasteiger partial charge in [0.25, 0.3) is 0 Å². The zero-order chi connectivity index (χ0) is 14.1. The summed E-state index contributed by atoms with van der Waals surface area (Å²) >= 11 is 1.31. The molecule has 0 bridgehead atoms. The molecule has 5 nitrogen and oxygen atoms in total. The van der Waals surface area contributed by atoms with E-state index in [1.54, 1.807) is 0 Å². The predicted octanol–water partition coefficient (Wildman–Crippen LogP) is 0.709. The minimum absolute atomic E-state index is 0.226. The van der Waals surface area contributed by atoms with E-state index in [-0.39, 0.29) is 12.4 Å². The van der Waals surface area contributed by atoms with E-state index in [1.807, 2.05) is 30.3 Å². The number of ether oxygens (including phenoxy) is 1. The molecule has 4 N–H and O–H groups in total. The number of nitrogens with two attached hydrogens (primary N) is 1. The molecule has 2 atom stereocenters. The van der Waals surface area contributed by atoms with Crippen molar-refractivity contribution in [2.45, 2.75) is 18.8 Å². The van der Waals surface area contributed by atoms with Crippen LogP contribution in [0, 0.1) is 0 Å². The number of rotatable bonds is 9. The van der Waals surface area contributed by atoms with Gasteiger partial charge in [0.15, 0.2) is 0 Å². The molecule has 106 valence electrons. The number of carboxylic acids is 1. The molecule has 1 aromatic carbocycles. The van der Waals surface area contributed by atoms with E-state index in [9.17, 15) is 9.90 Å². The Bertz CT molecular complexity index is 374. The standard InChI is InChI=1S/C13H19NO4S/c14-12(13(16)17)9-19-8-11(15)7-18-6-10-4-2-1-3-5-10/h1-5,11-12,15H,6-9,14H2,(H,16,17)/t11?,12-/m0/s1. The highest BCUT2D eigenvalue weighted by molar-refractivity contribution is 7.99. The SMILES string of the molecule is N[C@@H](CSCC(O)COCc1ccccc1)C(=O)O. The molecule has 0 amide bonds. The smallest absolute Gasteiger partial charge is 0.321 e. The molecule has 0 aliphatic heterocycles. The molecule has 0 spiro atoms. The van der Waals surface area contributed by atoms with Crippen molar-refractivity contribution in [1.29, 1.82) is 0 Å². The average molecular weight is 285 g/mol. The first-order valence-corrected chi connectivity index (χ1v) is 7.11. The van der Waals surface area contributed by atoms with Crippen LogP contribution in [0.4, 0.5) is 0 Å². The van der Waals surface area contributed by atoms with Gasteiger partial charge in [0.1, 0.15) is 6.04 Å². The molecule has 0 radical (unpaired) electrons. The highest BCUT2D eigenvalue weighted by Gasteiger charge is 2.12. The van der Waals surface area contributed by atoms with E-state index in [1.165, 1.54) is 11.8 Å². The summed E-state index contributed by atoms with van der Waals surface area (Å²) in [4.78, 5) is 10.5. The molecule has 0 saturated carbocycles. The molecule has 1 rings (SSSR count). The van der Waals surface area contributed by atoms with Crippen LogP contribution < -0.4 is 5.73 Å². The van der Waals surface area contributed by atoms with E-state index in [0.717, 1.165) is 5.56 Å². The van der Waals surface area contributed by atoms with Crippen LogP contribution in [0.3, 0.4) is 0 Å². The summed E-state index contributed by atoms with van der Waals surface area (Å²) in [6, 6.07) is 8.81. The lowest BCUT2D eigenvalue weighted by atomic mass is 10.2. The molecule has 1 unspecified atom stereocenters. The van der Waals surface area contributed by atoms with Crippen LogP contribution in [0.25, 0.3) is 0 Å². The molecular weight excluding hydrogens is 266 g/mol. The minimum Gasteiger partial charge on any atom is -0.480 e. The summed E-state index contributed by atoms with van der Waals surface area (Å²) in [5, 5.41) is 18.2.